The highest BCUT2D eigenvalue weighted by atomic mass is 16.5. The molecule has 0 atom stereocenters. The molecule has 1 saturated heterocycles. The molecule has 1 aromatic heterocycles. The minimum atomic E-state index is -0.128. The first-order valence-corrected chi connectivity index (χ1v) is 9.79. The molecule has 3 aromatic rings. The van der Waals surface area contributed by atoms with Crippen LogP contribution in [0.3, 0.4) is 0 Å². The normalized spacial score (nSPS) is 14.6. The second-order valence-electron chi connectivity index (χ2n) is 7.32. The summed E-state index contributed by atoms with van der Waals surface area (Å²) in [6.07, 6.45) is 1.27. The molecule has 6 heteroatoms. The van der Waals surface area contributed by atoms with E-state index in [2.05, 4.69) is 10.5 Å². The molecule has 4 rings (SSSR count). The molecule has 148 valence electrons. The second kappa shape index (κ2) is 8.31. The number of likely N-dealkylation sites (tertiary alicyclic amines) is 1. The molecule has 1 aliphatic rings. The number of carbonyl (C=O) groups excluding carboxylic acids is 2. The van der Waals surface area contributed by atoms with Crippen LogP contribution in [0.2, 0.25) is 0 Å². The molecular weight excluding hydrogens is 366 g/mol. The van der Waals surface area contributed by atoms with E-state index in [0.717, 1.165) is 11.1 Å². The molecular formula is C23H23N3O3. The molecule has 0 bridgehead atoms. The fraction of sp³-hybridized carbons (Fsp3) is 0.261. The minimum absolute atomic E-state index is 0.00981. The first-order chi connectivity index (χ1) is 14.1. The van der Waals surface area contributed by atoms with Crippen molar-refractivity contribution in [3.8, 4) is 11.1 Å². The number of carbonyl (C=O) groups is 2. The Hall–Kier alpha value is -3.41. The van der Waals surface area contributed by atoms with Crippen molar-refractivity contribution in [1.29, 1.82) is 0 Å². The van der Waals surface area contributed by atoms with Gasteiger partial charge in [-0.3, -0.25) is 9.59 Å². The van der Waals surface area contributed by atoms with Crippen molar-refractivity contribution in [3.05, 3.63) is 72.0 Å². The largest absolute Gasteiger partial charge is 0.360 e. The van der Waals surface area contributed by atoms with Crippen molar-refractivity contribution in [3.63, 3.8) is 0 Å². The third-order valence-corrected chi connectivity index (χ3v) is 5.27. The lowest BCUT2D eigenvalue weighted by Gasteiger charge is -2.31. The van der Waals surface area contributed by atoms with E-state index < -0.39 is 0 Å². The minimum Gasteiger partial charge on any atom is -0.360 e. The Morgan fingerprint density at radius 1 is 1.00 bits per heavy atom. The first-order valence-electron chi connectivity index (χ1n) is 9.79. The third kappa shape index (κ3) is 4.37. The predicted molar refractivity (Wildman–Crippen MR) is 110 cm³/mol. The predicted octanol–water partition coefficient (Wildman–Crippen LogP) is 4.14. The van der Waals surface area contributed by atoms with E-state index >= 15 is 0 Å². The second-order valence-corrected chi connectivity index (χ2v) is 7.32. The van der Waals surface area contributed by atoms with Gasteiger partial charge in [0.05, 0.1) is 0 Å². The van der Waals surface area contributed by atoms with Gasteiger partial charge in [0.2, 0.25) is 5.91 Å². The maximum atomic E-state index is 12.8. The van der Waals surface area contributed by atoms with E-state index in [4.69, 9.17) is 4.52 Å². The highest BCUT2D eigenvalue weighted by Crippen LogP contribution is 2.23. The average Bonchev–Trinajstić information content (AvgIpc) is 3.18. The van der Waals surface area contributed by atoms with Gasteiger partial charge < -0.3 is 14.7 Å². The number of amides is 2. The molecule has 0 spiro atoms. The zero-order valence-corrected chi connectivity index (χ0v) is 16.3. The summed E-state index contributed by atoms with van der Waals surface area (Å²) in [7, 11) is 0. The zero-order valence-electron chi connectivity index (χ0n) is 16.3. The van der Waals surface area contributed by atoms with Crippen LogP contribution in [0.1, 0.15) is 29.0 Å². The summed E-state index contributed by atoms with van der Waals surface area (Å²) in [6.45, 7) is 2.91. The fourth-order valence-electron chi connectivity index (χ4n) is 3.62. The Kier molecular flexibility index (Phi) is 5.42. The summed E-state index contributed by atoms with van der Waals surface area (Å²) in [5.74, 6) is 0.897. The Morgan fingerprint density at radius 3 is 2.28 bits per heavy atom. The van der Waals surface area contributed by atoms with Crippen molar-refractivity contribution in [2.45, 2.75) is 19.8 Å². The van der Waals surface area contributed by atoms with Crippen LogP contribution in [0.25, 0.3) is 11.1 Å². The van der Waals surface area contributed by atoms with Crippen LogP contribution in [0.4, 0.5) is 5.82 Å². The van der Waals surface area contributed by atoms with Crippen LogP contribution in [-0.4, -0.2) is 35.0 Å². The molecule has 1 fully saturated rings. The van der Waals surface area contributed by atoms with Gasteiger partial charge >= 0.3 is 0 Å². The molecule has 0 saturated carbocycles. The first kappa shape index (κ1) is 18.9. The quantitative estimate of drug-likeness (QED) is 0.728. The summed E-state index contributed by atoms with van der Waals surface area (Å²) in [5, 5.41) is 6.57. The van der Waals surface area contributed by atoms with Crippen LogP contribution >= 0.6 is 0 Å². The molecule has 2 amide bonds. The smallest absolute Gasteiger partial charge is 0.253 e. The van der Waals surface area contributed by atoms with Crippen molar-refractivity contribution in [2.75, 3.05) is 18.4 Å². The van der Waals surface area contributed by atoms with E-state index in [9.17, 15) is 9.59 Å². The highest BCUT2D eigenvalue weighted by molar-refractivity contribution is 5.95. The maximum absolute atomic E-state index is 12.8. The number of hydrogen-bond acceptors (Lipinski definition) is 4. The topological polar surface area (TPSA) is 75.4 Å². The summed E-state index contributed by atoms with van der Waals surface area (Å²) in [5.41, 5.74) is 2.88. The van der Waals surface area contributed by atoms with E-state index in [1.54, 1.807) is 13.0 Å². The van der Waals surface area contributed by atoms with Gasteiger partial charge in [0, 0.05) is 30.6 Å². The number of piperidine rings is 1. The standard InChI is InChI=1S/C23H23N3O3/c1-16-15-21(25-29-16)24-22(27)19-11-13-26(14-12-19)23(28)20-9-7-18(8-10-20)17-5-3-2-4-6-17/h2-10,15,19H,11-14H2,1H3,(H,24,25,27). The summed E-state index contributed by atoms with van der Waals surface area (Å²) >= 11 is 0. The van der Waals surface area contributed by atoms with E-state index in [0.29, 0.717) is 43.1 Å². The lowest BCUT2D eigenvalue weighted by molar-refractivity contribution is -0.121. The lowest BCUT2D eigenvalue weighted by Crippen LogP contribution is -2.41. The Balaban J connectivity index is 1.33. The molecule has 29 heavy (non-hydrogen) atoms. The Morgan fingerprint density at radius 2 is 1.66 bits per heavy atom. The van der Waals surface area contributed by atoms with Crippen molar-refractivity contribution in [1.82, 2.24) is 10.1 Å². The zero-order chi connectivity index (χ0) is 20.2. The van der Waals surface area contributed by atoms with E-state index in [1.165, 1.54) is 0 Å². The van der Waals surface area contributed by atoms with Crippen molar-refractivity contribution in [2.24, 2.45) is 5.92 Å². The molecule has 2 heterocycles. The van der Waals surface area contributed by atoms with Gasteiger partial charge in [-0.15, -0.1) is 0 Å². The van der Waals surface area contributed by atoms with Gasteiger partial charge in [0.15, 0.2) is 5.82 Å². The summed E-state index contributed by atoms with van der Waals surface area (Å²) in [4.78, 5) is 27.0. The molecule has 1 aliphatic heterocycles. The maximum Gasteiger partial charge on any atom is 0.253 e. The number of nitrogens with one attached hydrogen (secondary N) is 1. The number of benzene rings is 2. The Labute approximate surface area is 169 Å². The molecule has 0 radical (unpaired) electrons. The molecule has 0 unspecified atom stereocenters. The molecule has 6 nitrogen and oxygen atoms in total. The highest BCUT2D eigenvalue weighted by Gasteiger charge is 2.28. The van der Waals surface area contributed by atoms with Crippen LogP contribution < -0.4 is 5.32 Å². The summed E-state index contributed by atoms with van der Waals surface area (Å²) < 4.78 is 4.97. The van der Waals surface area contributed by atoms with Crippen LogP contribution in [-0.2, 0) is 4.79 Å². The number of nitrogens with zero attached hydrogens (tertiary/aromatic N) is 2. The molecule has 0 aliphatic carbocycles. The van der Waals surface area contributed by atoms with Crippen molar-refractivity contribution >= 4 is 17.6 Å². The van der Waals surface area contributed by atoms with E-state index in [1.807, 2.05) is 59.5 Å². The molecule has 2 aromatic carbocycles. The number of hydrogen-bond donors (Lipinski definition) is 1. The third-order valence-electron chi connectivity index (χ3n) is 5.27. The van der Waals surface area contributed by atoms with Crippen LogP contribution in [0.15, 0.2) is 65.2 Å². The number of aromatic nitrogens is 1. The number of aryl methyl sites for hydroxylation is 1. The summed E-state index contributed by atoms with van der Waals surface area (Å²) in [6, 6.07) is 19.5. The lowest BCUT2D eigenvalue weighted by atomic mass is 9.95. The van der Waals surface area contributed by atoms with Crippen LogP contribution in [0.5, 0.6) is 0 Å². The number of rotatable bonds is 4. The SMILES string of the molecule is Cc1cc(NC(=O)C2CCN(C(=O)c3ccc(-c4ccccc4)cc3)CC2)no1. The van der Waals surface area contributed by atoms with Gasteiger partial charge in [0.1, 0.15) is 5.76 Å². The average molecular weight is 389 g/mol. The van der Waals surface area contributed by atoms with Gasteiger partial charge in [-0.25, -0.2) is 0 Å². The van der Waals surface area contributed by atoms with Gasteiger partial charge in [-0.2, -0.15) is 0 Å². The monoisotopic (exact) mass is 389 g/mol. The molecule has 1 N–H and O–H groups in total. The van der Waals surface area contributed by atoms with Crippen LogP contribution in [0, 0.1) is 12.8 Å². The fourth-order valence-corrected chi connectivity index (χ4v) is 3.62. The van der Waals surface area contributed by atoms with E-state index in [-0.39, 0.29) is 17.7 Å². The van der Waals surface area contributed by atoms with Gasteiger partial charge in [-0.1, -0.05) is 47.6 Å². The Bertz CT molecular complexity index is 988. The van der Waals surface area contributed by atoms with Gasteiger partial charge in [0.25, 0.3) is 5.91 Å². The number of anilines is 1. The van der Waals surface area contributed by atoms with Crippen molar-refractivity contribution < 1.29 is 14.1 Å². The van der Waals surface area contributed by atoms with Gasteiger partial charge in [-0.05, 0) is 43.0 Å².